The van der Waals surface area contributed by atoms with Gasteiger partial charge in [-0.1, -0.05) is 35.3 Å². The highest BCUT2D eigenvalue weighted by Crippen LogP contribution is 2.34. The van der Waals surface area contributed by atoms with Crippen LogP contribution in [0.3, 0.4) is 0 Å². The minimum atomic E-state index is 0.162. The second-order valence-electron chi connectivity index (χ2n) is 6.01. The van der Waals surface area contributed by atoms with Gasteiger partial charge < -0.3 is 25.2 Å². The maximum Gasteiger partial charge on any atom is 0.163 e. The van der Waals surface area contributed by atoms with E-state index in [1.807, 2.05) is 30.3 Å². The van der Waals surface area contributed by atoms with Gasteiger partial charge in [-0.15, -0.1) is 0 Å². The summed E-state index contributed by atoms with van der Waals surface area (Å²) in [6.07, 6.45) is 0.969. The fourth-order valence-electron chi connectivity index (χ4n) is 2.49. The fraction of sp³-hybridized carbons (Fsp3) is 0.400. The molecular weight excluding hydrogens is 387 g/mol. The van der Waals surface area contributed by atoms with Gasteiger partial charge in [-0.3, -0.25) is 0 Å². The van der Waals surface area contributed by atoms with E-state index < -0.39 is 0 Å². The topological polar surface area (TPSA) is 62.8 Å². The Balaban J connectivity index is 1.88. The van der Waals surface area contributed by atoms with E-state index in [0.29, 0.717) is 41.2 Å². The standard InChI is InChI=1S/C20H26Cl2N2O3/c1-26-19-11-16(13-24-8-2-7-23-9-10-25)18(22)12-20(19)27-14-15-3-5-17(21)6-4-15/h3-6,11-12,23-25H,2,7-10,13-14H2,1H3. The number of aliphatic hydroxyl groups excluding tert-OH is 1. The van der Waals surface area contributed by atoms with Gasteiger partial charge in [0.1, 0.15) is 6.61 Å². The number of hydrogen-bond donors (Lipinski definition) is 3. The zero-order chi connectivity index (χ0) is 19.5. The minimum Gasteiger partial charge on any atom is -0.493 e. The van der Waals surface area contributed by atoms with Gasteiger partial charge in [0.15, 0.2) is 11.5 Å². The molecule has 0 heterocycles. The minimum absolute atomic E-state index is 0.162. The summed E-state index contributed by atoms with van der Waals surface area (Å²) in [6.45, 7) is 3.55. The average Bonchev–Trinajstić information content (AvgIpc) is 2.68. The lowest BCUT2D eigenvalue weighted by atomic mass is 10.2. The molecule has 0 aliphatic heterocycles. The summed E-state index contributed by atoms with van der Waals surface area (Å²) < 4.78 is 11.3. The number of halogens is 2. The summed E-state index contributed by atoms with van der Waals surface area (Å²) in [4.78, 5) is 0. The first kappa shape index (κ1) is 21.8. The first-order chi connectivity index (χ1) is 13.1. The predicted molar refractivity (Wildman–Crippen MR) is 110 cm³/mol. The van der Waals surface area contributed by atoms with Crippen LogP contribution in [0.4, 0.5) is 0 Å². The van der Waals surface area contributed by atoms with E-state index in [-0.39, 0.29) is 6.61 Å². The molecule has 0 fully saturated rings. The highest BCUT2D eigenvalue weighted by Gasteiger charge is 2.11. The van der Waals surface area contributed by atoms with Crippen molar-refractivity contribution in [2.75, 3.05) is 33.4 Å². The van der Waals surface area contributed by atoms with Crippen molar-refractivity contribution in [2.24, 2.45) is 0 Å². The number of benzene rings is 2. The Bertz CT molecular complexity index is 696. The van der Waals surface area contributed by atoms with Crippen LogP contribution < -0.4 is 20.1 Å². The van der Waals surface area contributed by atoms with Gasteiger partial charge in [-0.2, -0.15) is 0 Å². The van der Waals surface area contributed by atoms with E-state index in [2.05, 4.69) is 10.6 Å². The number of aliphatic hydroxyl groups is 1. The molecule has 0 atom stereocenters. The second kappa shape index (κ2) is 12.1. The number of hydrogen-bond acceptors (Lipinski definition) is 5. The highest BCUT2D eigenvalue weighted by atomic mass is 35.5. The van der Waals surface area contributed by atoms with Crippen molar-refractivity contribution in [2.45, 2.75) is 19.6 Å². The molecule has 2 aromatic carbocycles. The summed E-state index contributed by atoms with van der Waals surface area (Å²) in [5.41, 5.74) is 1.97. The van der Waals surface area contributed by atoms with Crippen LogP contribution in [-0.4, -0.2) is 38.5 Å². The van der Waals surface area contributed by atoms with Gasteiger partial charge >= 0.3 is 0 Å². The van der Waals surface area contributed by atoms with Crippen molar-refractivity contribution in [3.05, 3.63) is 57.6 Å². The molecule has 148 valence electrons. The maximum absolute atomic E-state index is 8.71. The molecule has 0 spiro atoms. The van der Waals surface area contributed by atoms with Crippen LogP contribution in [0.1, 0.15) is 17.5 Å². The van der Waals surface area contributed by atoms with Gasteiger partial charge in [-0.25, -0.2) is 0 Å². The van der Waals surface area contributed by atoms with Crippen molar-refractivity contribution in [3.8, 4) is 11.5 Å². The molecule has 2 aromatic rings. The number of methoxy groups -OCH3 is 1. The van der Waals surface area contributed by atoms with Crippen molar-refractivity contribution in [1.82, 2.24) is 10.6 Å². The van der Waals surface area contributed by atoms with Gasteiger partial charge in [0.2, 0.25) is 0 Å². The SMILES string of the molecule is COc1cc(CNCCCNCCO)c(Cl)cc1OCc1ccc(Cl)cc1. The Morgan fingerprint density at radius 1 is 0.963 bits per heavy atom. The molecule has 0 amide bonds. The Labute approximate surface area is 170 Å². The average molecular weight is 413 g/mol. The summed E-state index contributed by atoms with van der Waals surface area (Å²) in [5, 5.41) is 16.5. The molecule has 2 rings (SSSR count). The third-order valence-electron chi connectivity index (χ3n) is 3.95. The van der Waals surface area contributed by atoms with Gasteiger partial charge in [0.05, 0.1) is 13.7 Å². The molecule has 0 aromatic heterocycles. The third kappa shape index (κ3) is 7.56. The van der Waals surface area contributed by atoms with Crippen LogP contribution in [0.25, 0.3) is 0 Å². The Morgan fingerprint density at radius 2 is 1.70 bits per heavy atom. The van der Waals surface area contributed by atoms with Crippen LogP contribution >= 0.6 is 23.2 Å². The van der Waals surface area contributed by atoms with E-state index in [1.165, 1.54) is 0 Å². The lowest BCUT2D eigenvalue weighted by Gasteiger charge is -2.14. The molecule has 7 heteroatoms. The normalized spacial score (nSPS) is 10.8. The lowest BCUT2D eigenvalue weighted by molar-refractivity contribution is 0.284. The van der Waals surface area contributed by atoms with E-state index >= 15 is 0 Å². The zero-order valence-electron chi connectivity index (χ0n) is 15.4. The van der Waals surface area contributed by atoms with E-state index in [0.717, 1.165) is 30.6 Å². The van der Waals surface area contributed by atoms with E-state index in [4.69, 9.17) is 37.8 Å². The summed E-state index contributed by atoms with van der Waals surface area (Å²) >= 11 is 12.3. The van der Waals surface area contributed by atoms with Gasteiger partial charge in [0, 0.05) is 29.2 Å². The van der Waals surface area contributed by atoms with E-state index in [9.17, 15) is 0 Å². The molecule has 0 radical (unpaired) electrons. The zero-order valence-corrected chi connectivity index (χ0v) is 16.9. The molecule has 3 N–H and O–H groups in total. The van der Waals surface area contributed by atoms with Crippen molar-refractivity contribution >= 4 is 23.2 Å². The van der Waals surface area contributed by atoms with Crippen LogP contribution in [0.5, 0.6) is 11.5 Å². The van der Waals surface area contributed by atoms with Crippen LogP contribution in [-0.2, 0) is 13.2 Å². The fourth-order valence-corrected chi connectivity index (χ4v) is 2.84. The molecular formula is C20H26Cl2N2O3. The Morgan fingerprint density at radius 3 is 2.41 bits per heavy atom. The van der Waals surface area contributed by atoms with Crippen LogP contribution in [0.2, 0.25) is 10.0 Å². The predicted octanol–water partition coefficient (Wildman–Crippen LogP) is 3.64. The number of rotatable bonds is 12. The molecule has 5 nitrogen and oxygen atoms in total. The maximum atomic E-state index is 8.71. The number of nitrogens with one attached hydrogen (secondary N) is 2. The smallest absolute Gasteiger partial charge is 0.163 e. The Hall–Kier alpha value is -1.50. The van der Waals surface area contributed by atoms with E-state index in [1.54, 1.807) is 13.2 Å². The molecule has 0 saturated carbocycles. The molecule has 0 aliphatic carbocycles. The lowest BCUT2D eigenvalue weighted by Crippen LogP contribution is -2.24. The molecule has 0 saturated heterocycles. The van der Waals surface area contributed by atoms with Crippen molar-refractivity contribution < 1.29 is 14.6 Å². The molecule has 0 aliphatic rings. The van der Waals surface area contributed by atoms with Crippen molar-refractivity contribution in [1.29, 1.82) is 0 Å². The summed E-state index contributed by atoms with van der Waals surface area (Å²) in [6, 6.07) is 11.2. The molecule has 0 bridgehead atoms. The highest BCUT2D eigenvalue weighted by molar-refractivity contribution is 6.31. The summed E-state index contributed by atoms with van der Waals surface area (Å²) in [7, 11) is 1.61. The van der Waals surface area contributed by atoms with Crippen molar-refractivity contribution in [3.63, 3.8) is 0 Å². The third-order valence-corrected chi connectivity index (χ3v) is 4.56. The quantitative estimate of drug-likeness (QED) is 0.464. The van der Waals surface area contributed by atoms with Crippen LogP contribution in [0, 0.1) is 0 Å². The second-order valence-corrected chi connectivity index (χ2v) is 6.86. The summed E-state index contributed by atoms with van der Waals surface area (Å²) in [5.74, 6) is 1.25. The van der Waals surface area contributed by atoms with Crippen LogP contribution in [0.15, 0.2) is 36.4 Å². The largest absolute Gasteiger partial charge is 0.493 e. The number of ether oxygens (including phenoxy) is 2. The van der Waals surface area contributed by atoms with Gasteiger partial charge in [-0.05, 0) is 48.8 Å². The first-order valence-electron chi connectivity index (χ1n) is 8.90. The molecule has 27 heavy (non-hydrogen) atoms. The monoisotopic (exact) mass is 412 g/mol. The van der Waals surface area contributed by atoms with Gasteiger partial charge in [0.25, 0.3) is 0 Å². The Kier molecular flexibility index (Phi) is 9.73. The first-order valence-corrected chi connectivity index (χ1v) is 9.65. The molecule has 0 unspecified atom stereocenters.